The highest BCUT2D eigenvalue weighted by atomic mass is 35.5. The van der Waals surface area contributed by atoms with Crippen molar-refractivity contribution in [3.63, 3.8) is 0 Å². The van der Waals surface area contributed by atoms with Crippen molar-refractivity contribution < 1.29 is 4.74 Å². The molecule has 5 nitrogen and oxygen atoms in total. The molecule has 1 heterocycles. The number of aromatic nitrogens is 2. The van der Waals surface area contributed by atoms with Crippen LogP contribution in [0.2, 0.25) is 15.1 Å². The summed E-state index contributed by atoms with van der Waals surface area (Å²) in [5, 5.41) is 14.0. The maximum Gasteiger partial charge on any atom is 0.176 e. The fourth-order valence-electron chi connectivity index (χ4n) is 1.56. The van der Waals surface area contributed by atoms with Gasteiger partial charge in [0, 0.05) is 0 Å². The van der Waals surface area contributed by atoms with Gasteiger partial charge in [0.05, 0.1) is 33.6 Å². The van der Waals surface area contributed by atoms with E-state index in [0.717, 1.165) is 0 Å². The van der Waals surface area contributed by atoms with Crippen LogP contribution >= 0.6 is 34.8 Å². The van der Waals surface area contributed by atoms with Crippen LogP contribution in [0.4, 0.5) is 5.82 Å². The maximum absolute atomic E-state index is 9.11. The van der Waals surface area contributed by atoms with E-state index in [0.29, 0.717) is 23.1 Å². The average molecular weight is 344 g/mol. The second-order valence-electron chi connectivity index (χ2n) is 3.79. The number of ether oxygens (including phenoxy) is 1. The number of aliphatic imine (C=N–C) groups is 1. The van der Waals surface area contributed by atoms with Gasteiger partial charge in [0.2, 0.25) is 0 Å². The van der Waals surface area contributed by atoms with Crippen molar-refractivity contribution in [2.45, 2.75) is 6.92 Å². The van der Waals surface area contributed by atoms with E-state index in [1.54, 1.807) is 12.1 Å². The molecule has 8 heteroatoms. The molecule has 0 bridgehead atoms. The summed E-state index contributed by atoms with van der Waals surface area (Å²) < 4.78 is 6.45. The lowest BCUT2D eigenvalue weighted by Gasteiger charge is -2.08. The molecule has 108 valence electrons. The molecule has 1 aromatic carbocycles. The van der Waals surface area contributed by atoms with Crippen molar-refractivity contribution in [1.29, 1.82) is 5.26 Å². The number of halogens is 3. The Morgan fingerprint density at radius 1 is 1.38 bits per heavy atom. The smallest absolute Gasteiger partial charge is 0.176 e. The average Bonchev–Trinajstić information content (AvgIpc) is 2.88. The van der Waals surface area contributed by atoms with Crippen molar-refractivity contribution in [3.8, 4) is 11.8 Å². The molecule has 0 aliphatic rings. The van der Waals surface area contributed by atoms with Crippen LogP contribution in [-0.2, 0) is 4.74 Å². The molecule has 0 spiro atoms. The Kier molecular flexibility index (Phi) is 5.07. The number of rotatable bonds is 4. The molecule has 0 N–H and O–H groups in total. The highest BCUT2D eigenvalue weighted by molar-refractivity contribution is 6.48. The summed E-state index contributed by atoms with van der Waals surface area (Å²) in [6.45, 7) is 2.29. The van der Waals surface area contributed by atoms with Crippen molar-refractivity contribution in [1.82, 2.24) is 9.78 Å². The fraction of sp³-hybridized carbons (Fsp3) is 0.154. The highest BCUT2D eigenvalue weighted by Gasteiger charge is 2.16. The van der Waals surface area contributed by atoms with Crippen LogP contribution in [0.5, 0.6) is 0 Å². The van der Waals surface area contributed by atoms with Crippen LogP contribution < -0.4 is 0 Å². The van der Waals surface area contributed by atoms with Crippen LogP contribution in [0.3, 0.4) is 0 Å². The molecule has 0 atom stereocenters. The van der Waals surface area contributed by atoms with Crippen molar-refractivity contribution in [3.05, 3.63) is 39.0 Å². The van der Waals surface area contributed by atoms with Gasteiger partial charge in [0.25, 0.3) is 0 Å². The molecule has 2 rings (SSSR count). The lowest BCUT2D eigenvalue weighted by molar-refractivity contribution is 0.343. The minimum absolute atomic E-state index is 0.213. The number of nitriles is 1. The predicted molar refractivity (Wildman–Crippen MR) is 83.1 cm³/mol. The van der Waals surface area contributed by atoms with Crippen LogP contribution in [-0.4, -0.2) is 22.8 Å². The van der Waals surface area contributed by atoms with Gasteiger partial charge in [0.1, 0.15) is 11.6 Å². The van der Waals surface area contributed by atoms with Gasteiger partial charge in [-0.1, -0.05) is 34.8 Å². The molecule has 0 unspecified atom stereocenters. The number of nitrogens with zero attached hydrogens (tertiary/aromatic N) is 4. The zero-order chi connectivity index (χ0) is 15.4. The minimum Gasteiger partial charge on any atom is -0.483 e. The van der Waals surface area contributed by atoms with E-state index in [1.807, 2.05) is 13.0 Å². The topological polar surface area (TPSA) is 63.2 Å². The van der Waals surface area contributed by atoms with Gasteiger partial charge in [-0.05, 0) is 19.1 Å². The molecular formula is C13H9Cl3N4O. The molecule has 0 saturated carbocycles. The van der Waals surface area contributed by atoms with Gasteiger partial charge in [0.15, 0.2) is 12.2 Å². The molecule has 0 amide bonds. The molecule has 0 aliphatic carbocycles. The lowest BCUT2D eigenvalue weighted by Crippen LogP contribution is -1.98. The molecule has 1 aromatic heterocycles. The Morgan fingerprint density at radius 2 is 2.14 bits per heavy atom. The summed E-state index contributed by atoms with van der Waals surface area (Å²) in [6, 6.07) is 5.24. The third kappa shape index (κ3) is 3.13. The summed E-state index contributed by atoms with van der Waals surface area (Å²) in [5.74, 6) is 0.297. The van der Waals surface area contributed by atoms with E-state index in [4.69, 9.17) is 44.8 Å². The third-order valence-electron chi connectivity index (χ3n) is 2.52. The van der Waals surface area contributed by atoms with E-state index in [-0.39, 0.29) is 15.6 Å². The Morgan fingerprint density at radius 3 is 2.81 bits per heavy atom. The molecule has 2 aromatic rings. The van der Waals surface area contributed by atoms with Gasteiger partial charge < -0.3 is 4.74 Å². The zero-order valence-corrected chi connectivity index (χ0v) is 13.1. The number of benzene rings is 1. The van der Waals surface area contributed by atoms with E-state index >= 15 is 0 Å². The van der Waals surface area contributed by atoms with Crippen molar-refractivity contribution in [2.75, 3.05) is 6.61 Å². The predicted octanol–water partition coefficient (Wildman–Crippen LogP) is 4.40. The van der Waals surface area contributed by atoms with Crippen molar-refractivity contribution >= 4 is 47.0 Å². The van der Waals surface area contributed by atoms with Crippen LogP contribution in [0.25, 0.3) is 5.69 Å². The van der Waals surface area contributed by atoms with Crippen molar-refractivity contribution in [2.24, 2.45) is 4.99 Å². The summed E-state index contributed by atoms with van der Waals surface area (Å²) >= 11 is 18.1. The van der Waals surface area contributed by atoms with Crippen LogP contribution in [0.15, 0.2) is 23.3 Å². The SMILES string of the molecule is CCOC=Nc1c(C#N)cnn1-c1ccc(Cl)c(Cl)c1Cl. The molecular weight excluding hydrogens is 335 g/mol. The molecule has 0 fully saturated rings. The monoisotopic (exact) mass is 342 g/mol. The fourth-order valence-corrected chi connectivity index (χ4v) is 2.17. The minimum atomic E-state index is 0.213. The first-order valence-electron chi connectivity index (χ1n) is 5.86. The second-order valence-corrected chi connectivity index (χ2v) is 4.95. The molecule has 21 heavy (non-hydrogen) atoms. The molecule has 0 radical (unpaired) electrons. The highest BCUT2D eigenvalue weighted by Crippen LogP contribution is 2.36. The molecule has 0 aliphatic heterocycles. The van der Waals surface area contributed by atoms with Gasteiger partial charge in [-0.15, -0.1) is 0 Å². The standard InChI is InChI=1S/C13H9Cl3N4O/c1-2-21-7-18-13-8(5-17)6-19-20(13)10-4-3-9(14)11(15)12(10)16/h3-4,6-7H,2H2,1H3. The first kappa shape index (κ1) is 15.6. The van der Waals surface area contributed by atoms with E-state index < -0.39 is 0 Å². The third-order valence-corrected chi connectivity index (χ3v) is 3.81. The van der Waals surface area contributed by atoms with Gasteiger partial charge in [-0.2, -0.15) is 15.4 Å². The lowest BCUT2D eigenvalue weighted by atomic mass is 10.3. The number of hydrogen-bond acceptors (Lipinski definition) is 4. The van der Waals surface area contributed by atoms with Gasteiger partial charge in [-0.25, -0.2) is 4.68 Å². The first-order chi connectivity index (χ1) is 10.1. The van der Waals surface area contributed by atoms with Gasteiger partial charge in [-0.3, -0.25) is 0 Å². The van der Waals surface area contributed by atoms with Crippen LogP contribution in [0, 0.1) is 11.3 Å². The largest absolute Gasteiger partial charge is 0.483 e. The summed E-state index contributed by atoms with van der Waals surface area (Å²) in [7, 11) is 0. The summed E-state index contributed by atoms with van der Waals surface area (Å²) in [5.41, 5.74) is 0.754. The zero-order valence-electron chi connectivity index (χ0n) is 10.8. The summed E-state index contributed by atoms with van der Waals surface area (Å²) in [4.78, 5) is 4.09. The maximum atomic E-state index is 9.11. The van der Waals surface area contributed by atoms with E-state index in [9.17, 15) is 0 Å². The molecule has 0 saturated heterocycles. The quantitative estimate of drug-likeness (QED) is 0.469. The summed E-state index contributed by atoms with van der Waals surface area (Å²) in [6.07, 6.45) is 2.64. The Bertz CT molecular complexity index is 734. The normalized spacial score (nSPS) is 10.8. The van der Waals surface area contributed by atoms with E-state index in [2.05, 4.69) is 10.1 Å². The Labute approximate surface area is 136 Å². The van der Waals surface area contributed by atoms with E-state index in [1.165, 1.54) is 17.3 Å². The number of hydrogen-bond donors (Lipinski definition) is 0. The Balaban J connectivity index is 2.58. The van der Waals surface area contributed by atoms with Gasteiger partial charge >= 0.3 is 0 Å². The van der Waals surface area contributed by atoms with Crippen LogP contribution in [0.1, 0.15) is 12.5 Å². The first-order valence-corrected chi connectivity index (χ1v) is 6.99. The second kappa shape index (κ2) is 6.81. The Hall–Kier alpha value is -1.74.